The first-order valence-electron chi connectivity index (χ1n) is 7.73. The molecule has 1 aromatic rings. The molecule has 0 aromatic heterocycles. The van der Waals surface area contributed by atoms with Crippen molar-refractivity contribution in [3.05, 3.63) is 35.4 Å². The summed E-state index contributed by atoms with van der Waals surface area (Å²) in [7, 11) is 0. The van der Waals surface area contributed by atoms with Gasteiger partial charge in [-0.1, -0.05) is 38.1 Å². The lowest BCUT2D eigenvalue weighted by atomic mass is 9.95. The van der Waals surface area contributed by atoms with Gasteiger partial charge in [-0.15, -0.1) is 0 Å². The molecule has 0 radical (unpaired) electrons. The summed E-state index contributed by atoms with van der Waals surface area (Å²) in [4.78, 5) is 0. The standard InChI is InChI=1S/C17H27NO/c1-4-13-8-7-9-15(12-13)16(18-5-2)17(19-6-3)14-10-11-14/h7-9,12,14,16-18H,4-6,10-11H2,1-3H3. The molecule has 2 rings (SSSR count). The zero-order valence-corrected chi connectivity index (χ0v) is 12.5. The SMILES string of the molecule is CCNC(c1cccc(CC)c1)C(OCC)C1CC1. The first-order valence-corrected chi connectivity index (χ1v) is 7.73. The molecule has 2 unspecified atom stereocenters. The van der Waals surface area contributed by atoms with E-state index in [-0.39, 0.29) is 0 Å². The Morgan fingerprint density at radius 2 is 2.05 bits per heavy atom. The predicted octanol–water partition coefficient (Wildman–Crippen LogP) is 3.71. The molecule has 1 fully saturated rings. The topological polar surface area (TPSA) is 21.3 Å². The summed E-state index contributed by atoms with van der Waals surface area (Å²) in [6, 6.07) is 9.29. The van der Waals surface area contributed by atoms with Crippen molar-refractivity contribution in [1.29, 1.82) is 0 Å². The number of rotatable bonds is 8. The second-order valence-electron chi connectivity index (χ2n) is 5.39. The van der Waals surface area contributed by atoms with Gasteiger partial charge in [0.1, 0.15) is 0 Å². The van der Waals surface area contributed by atoms with Gasteiger partial charge in [-0.25, -0.2) is 0 Å². The van der Waals surface area contributed by atoms with Crippen LogP contribution in [0.4, 0.5) is 0 Å². The smallest absolute Gasteiger partial charge is 0.0797 e. The van der Waals surface area contributed by atoms with Gasteiger partial charge in [-0.05, 0) is 49.8 Å². The van der Waals surface area contributed by atoms with Crippen molar-refractivity contribution in [2.75, 3.05) is 13.2 Å². The maximum atomic E-state index is 6.05. The van der Waals surface area contributed by atoms with Gasteiger partial charge in [-0.2, -0.15) is 0 Å². The van der Waals surface area contributed by atoms with Crippen LogP contribution in [0, 0.1) is 5.92 Å². The minimum atomic E-state index is 0.331. The van der Waals surface area contributed by atoms with E-state index in [1.807, 2.05) is 0 Å². The minimum absolute atomic E-state index is 0.331. The normalized spacial score (nSPS) is 18.3. The monoisotopic (exact) mass is 261 g/mol. The van der Waals surface area contributed by atoms with E-state index in [0.717, 1.165) is 25.5 Å². The summed E-state index contributed by atoms with van der Waals surface area (Å²) in [5.41, 5.74) is 2.79. The first kappa shape index (κ1) is 14.5. The first-order chi connectivity index (χ1) is 9.30. The lowest BCUT2D eigenvalue weighted by Gasteiger charge is -2.28. The number of hydrogen-bond donors (Lipinski definition) is 1. The van der Waals surface area contributed by atoms with Crippen LogP contribution in [0.2, 0.25) is 0 Å². The Kier molecular flexibility index (Phi) is 5.41. The highest BCUT2D eigenvalue weighted by Gasteiger charge is 2.37. The van der Waals surface area contributed by atoms with E-state index >= 15 is 0 Å². The van der Waals surface area contributed by atoms with E-state index in [0.29, 0.717) is 12.1 Å². The Morgan fingerprint density at radius 1 is 1.26 bits per heavy atom. The maximum Gasteiger partial charge on any atom is 0.0797 e. The Morgan fingerprint density at radius 3 is 2.63 bits per heavy atom. The number of benzene rings is 1. The van der Waals surface area contributed by atoms with Crippen molar-refractivity contribution >= 4 is 0 Å². The van der Waals surface area contributed by atoms with Crippen LogP contribution in [-0.4, -0.2) is 19.3 Å². The van der Waals surface area contributed by atoms with E-state index < -0.39 is 0 Å². The van der Waals surface area contributed by atoms with Gasteiger partial charge in [0.2, 0.25) is 0 Å². The summed E-state index contributed by atoms with van der Waals surface area (Å²) in [6.07, 6.45) is 4.06. The summed E-state index contributed by atoms with van der Waals surface area (Å²) in [5, 5.41) is 3.63. The van der Waals surface area contributed by atoms with Crippen LogP contribution in [0.1, 0.15) is 50.8 Å². The molecule has 106 valence electrons. The Balaban J connectivity index is 2.20. The van der Waals surface area contributed by atoms with Gasteiger partial charge >= 0.3 is 0 Å². The molecule has 1 saturated carbocycles. The molecule has 0 aliphatic heterocycles. The average molecular weight is 261 g/mol. The van der Waals surface area contributed by atoms with Crippen LogP contribution >= 0.6 is 0 Å². The maximum absolute atomic E-state index is 6.05. The molecule has 1 aliphatic rings. The number of ether oxygens (including phenoxy) is 1. The van der Waals surface area contributed by atoms with Gasteiger partial charge in [0.25, 0.3) is 0 Å². The lowest BCUT2D eigenvalue weighted by Crippen LogP contribution is -2.35. The lowest BCUT2D eigenvalue weighted by molar-refractivity contribution is 0.0189. The van der Waals surface area contributed by atoms with E-state index in [9.17, 15) is 0 Å². The fraction of sp³-hybridized carbons (Fsp3) is 0.647. The molecule has 0 amide bonds. The molecule has 1 aromatic carbocycles. The van der Waals surface area contributed by atoms with Crippen molar-refractivity contribution in [3.63, 3.8) is 0 Å². The minimum Gasteiger partial charge on any atom is -0.376 e. The molecule has 0 spiro atoms. The molecule has 0 heterocycles. The fourth-order valence-corrected chi connectivity index (χ4v) is 2.77. The van der Waals surface area contributed by atoms with Gasteiger partial charge in [-0.3, -0.25) is 0 Å². The van der Waals surface area contributed by atoms with Crippen molar-refractivity contribution in [1.82, 2.24) is 5.32 Å². The third kappa shape index (κ3) is 3.80. The van der Waals surface area contributed by atoms with Crippen molar-refractivity contribution in [3.8, 4) is 0 Å². The highest BCUT2D eigenvalue weighted by Crippen LogP contribution is 2.40. The number of likely N-dealkylation sites (N-methyl/N-ethyl adjacent to an activating group) is 1. The fourth-order valence-electron chi connectivity index (χ4n) is 2.77. The highest BCUT2D eigenvalue weighted by molar-refractivity contribution is 5.27. The van der Waals surface area contributed by atoms with Crippen LogP contribution in [0.25, 0.3) is 0 Å². The molecule has 0 saturated heterocycles. The second-order valence-corrected chi connectivity index (χ2v) is 5.39. The van der Waals surface area contributed by atoms with Crippen LogP contribution in [0.15, 0.2) is 24.3 Å². The molecule has 1 aliphatic carbocycles. The van der Waals surface area contributed by atoms with Gasteiger partial charge < -0.3 is 10.1 Å². The molecular formula is C17H27NO. The Labute approximate surface area is 117 Å². The van der Waals surface area contributed by atoms with Crippen LogP contribution < -0.4 is 5.32 Å². The molecule has 1 N–H and O–H groups in total. The second kappa shape index (κ2) is 7.06. The number of aryl methyl sites for hydroxylation is 1. The van der Waals surface area contributed by atoms with Crippen LogP contribution in [-0.2, 0) is 11.2 Å². The average Bonchev–Trinajstić information content (AvgIpc) is 3.27. The van der Waals surface area contributed by atoms with Gasteiger partial charge in [0.15, 0.2) is 0 Å². The van der Waals surface area contributed by atoms with Crippen molar-refractivity contribution < 1.29 is 4.74 Å². The van der Waals surface area contributed by atoms with E-state index in [4.69, 9.17) is 4.74 Å². The molecular weight excluding hydrogens is 234 g/mol. The largest absolute Gasteiger partial charge is 0.376 e. The molecule has 19 heavy (non-hydrogen) atoms. The van der Waals surface area contributed by atoms with Crippen molar-refractivity contribution in [2.45, 2.75) is 52.2 Å². The zero-order valence-electron chi connectivity index (χ0n) is 12.5. The van der Waals surface area contributed by atoms with Crippen LogP contribution in [0.5, 0.6) is 0 Å². The molecule has 2 nitrogen and oxygen atoms in total. The third-order valence-electron chi connectivity index (χ3n) is 3.92. The molecule has 2 heteroatoms. The quantitative estimate of drug-likeness (QED) is 0.770. The summed E-state index contributed by atoms with van der Waals surface area (Å²) in [5.74, 6) is 0.745. The van der Waals surface area contributed by atoms with E-state index in [1.165, 1.54) is 24.0 Å². The number of nitrogens with one attached hydrogen (secondary N) is 1. The van der Waals surface area contributed by atoms with Crippen LogP contribution in [0.3, 0.4) is 0 Å². The summed E-state index contributed by atoms with van der Waals surface area (Å²) < 4.78 is 6.05. The van der Waals surface area contributed by atoms with E-state index in [1.54, 1.807) is 0 Å². The third-order valence-corrected chi connectivity index (χ3v) is 3.92. The molecule has 0 bridgehead atoms. The highest BCUT2D eigenvalue weighted by atomic mass is 16.5. The number of hydrogen-bond acceptors (Lipinski definition) is 2. The zero-order chi connectivity index (χ0) is 13.7. The predicted molar refractivity (Wildman–Crippen MR) is 80.4 cm³/mol. The van der Waals surface area contributed by atoms with Crippen molar-refractivity contribution in [2.24, 2.45) is 5.92 Å². The van der Waals surface area contributed by atoms with Gasteiger partial charge in [0.05, 0.1) is 12.1 Å². The van der Waals surface area contributed by atoms with E-state index in [2.05, 4.69) is 50.4 Å². The Hall–Kier alpha value is -0.860. The van der Waals surface area contributed by atoms with Gasteiger partial charge in [0, 0.05) is 6.61 Å². The molecule has 2 atom stereocenters. The summed E-state index contributed by atoms with van der Waals surface area (Å²) in [6.45, 7) is 8.27. The Bertz CT molecular complexity index is 387. The summed E-state index contributed by atoms with van der Waals surface area (Å²) >= 11 is 0.